The van der Waals surface area contributed by atoms with Crippen LogP contribution in [-0.4, -0.2) is 13.0 Å². The summed E-state index contributed by atoms with van der Waals surface area (Å²) in [5.74, 6) is 5.17. The molecule has 0 aliphatic heterocycles. The fourth-order valence-electron chi connectivity index (χ4n) is 2.42. The highest BCUT2D eigenvalue weighted by molar-refractivity contribution is 7.86. The summed E-state index contributed by atoms with van der Waals surface area (Å²) in [6, 6.07) is 12.2. The maximum atomic E-state index is 11.8. The zero-order valence-corrected chi connectivity index (χ0v) is 15.7. The van der Waals surface area contributed by atoms with E-state index in [1.165, 1.54) is 12.1 Å². The van der Waals surface area contributed by atoms with Gasteiger partial charge in [-0.25, -0.2) is 0 Å². The molecule has 0 amide bonds. The van der Waals surface area contributed by atoms with Crippen LogP contribution in [0.2, 0.25) is 10.0 Å². The van der Waals surface area contributed by atoms with E-state index in [-0.39, 0.29) is 26.7 Å². The molecule has 138 valence electrons. The van der Waals surface area contributed by atoms with E-state index in [1.807, 2.05) is 0 Å². The van der Waals surface area contributed by atoms with E-state index >= 15 is 0 Å². The van der Waals surface area contributed by atoms with Gasteiger partial charge in [-0.1, -0.05) is 52.7 Å². The molecule has 0 aromatic heterocycles. The van der Waals surface area contributed by atoms with E-state index < -0.39 is 10.1 Å². The zero-order valence-electron chi connectivity index (χ0n) is 13.4. The molecule has 3 rings (SSSR count). The molecule has 0 heterocycles. The highest BCUT2D eigenvalue weighted by atomic mass is 35.5. The lowest BCUT2D eigenvalue weighted by Gasteiger charge is -2.08. The van der Waals surface area contributed by atoms with Gasteiger partial charge < -0.3 is 5.84 Å². The Hall–Kier alpha value is -2.59. The number of hydrogen-bond acceptors (Lipinski definition) is 6. The van der Waals surface area contributed by atoms with E-state index in [0.717, 1.165) is 6.07 Å². The molecule has 27 heavy (non-hydrogen) atoms. The van der Waals surface area contributed by atoms with Gasteiger partial charge in [0.25, 0.3) is 10.1 Å². The second-order valence-corrected chi connectivity index (χ2v) is 7.48. The summed E-state index contributed by atoms with van der Waals surface area (Å²) in [6.45, 7) is 0. The van der Waals surface area contributed by atoms with Crippen molar-refractivity contribution in [2.75, 3.05) is 0 Å². The van der Waals surface area contributed by atoms with Crippen molar-refractivity contribution in [3.05, 3.63) is 58.6 Å². The lowest BCUT2D eigenvalue weighted by molar-refractivity contribution is 0.484. The number of halogens is 2. The van der Waals surface area contributed by atoms with Gasteiger partial charge in [0.15, 0.2) is 0 Å². The van der Waals surface area contributed by atoms with Crippen molar-refractivity contribution < 1.29 is 13.0 Å². The Kier molecular flexibility index (Phi) is 5.38. The molecule has 0 fully saturated rings. The van der Waals surface area contributed by atoms with Gasteiger partial charge in [0.1, 0.15) is 16.3 Å². The number of fused-ring (bicyclic) bond motifs is 1. The molecule has 11 heteroatoms. The van der Waals surface area contributed by atoms with Gasteiger partial charge in [0.05, 0.1) is 15.7 Å². The molecule has 0 saturated carbocycles. The Bertz CT molecular complexity index is 1200. The minimum absolute atomic E-state index is 0.0431. The van der Waals surface area contributed by atoms with Crippen LogP contribution in [0.25, 0.3) is 10.8 Å². The largest absolute Gasteiger partial charge is 0.305 e. The van der Waals surface area contributed by atoms with Crippen molar-refractivity contribution in [2.24, 2.45) is 26.4 Å². The van der Waals surface area contributed by atoms with Gasteiger partial charge >= 0.3 is 0 Å². The summed E-state index contributed by atoms with van der Waals surface area (Å²) < 4.78 is 33.2. The van der Waals surface area contributed by atoms with Gasteiger partial charge in [0.2, 0.25) is 0 Å². The normalized spacial score (nSPS) is 12.4. The summed E-state index contributed by atoms with van der Waals surface area (Å²) in [4.78, 5) is -0.336. The van der Waals surface area contributed by atoms with Gasteiger partial charge in [-0.2, -0.15) is 13.5 Å². The van der Waals surface area contributed by atoms with E-state index in [1.54, 1.807) is 30.3 Å². The maximum Gasteiger partial charge on any atom is 0.295 e. The van der Waals surface area contributed by atoms with Crippen LogP contribution in [0.3, 0.4) is 0 Å². The van der Waals surface area contributed by atoms with Crippen molar-refractivity contribution in [1.29, 1.82) is 0 Å². The van der Waals surface area contributed by atoms with Crippen molar-refractivity contribution in [3.8, 4) is 0 Å². The first kappa shape index (κ1) is 19.2. The molecule has 0 atom stereocenters. The number of nitrogens with zero attached hydrogens (tertiary/aromatic N) is 4. The standard InChI is InChI=1S/C16H11Cl2N5O3S/c17-12-6-5-9(7-13(12)18)20-21-14-8-15(27(24,25)26)10-3-1-2-4-11(10)16(14)22-23-19/h1-8H,(H2,19,22)(H,24,25,26). The molecule has 0 spiro atoms. The lowest BCUT2D eigenvalue weighted by Crippen LogP contribution is -1.99. The van der Waals surface area contributed by atoms with Crippen LogP contribution in [0.1, 0.15) is 0 Å². The second kappa shape index (κ2) is 7.57. The van der Waals surface area contributed by atoms with Crippen LogP contribution in [0.15, 0.2) is 74.0 Å². The molecule has 0 aliphatic rings. The third-order valence-electron chi connectivity index (χ3n) is 3.57. The zero-order chi connectivity index (χ0) is 19.6. The maximum absolute atomic E-state index is 11.8. The molecule has 0 bridgehead atoms. The van der Waals surface area contributed by atoms with Crippen LogP contribution in [-0.2, 0) is 10.1 Å². The number of benzene rings is 3. The van der Waals surface area contributed by atoms with Crippen molar-refractivity contribution in [1.82, 2.24) is 0 Å². The second-order valence-electron chi connectivity index (χ2n) is 5.28. The molecule has 3 aromatic rings. The minimum Gasteiger partial charge on any atom is -0.305 e. The monoisotopic (exact) mass is 423 g/mol. The van der Waals surface area contributed by atoms with Crippen molar-refractivity contribution >= 4 is 61.2 Å². The summed E-state index contributed by atoms with van der Waals surface area (Å²) in [7, 11) is -4.52. The molecule has 0 saturated heterocycles. The van der Waals surface area contributed by atoms with Gasteiger partial charge in [-0.3, -0.25) is 4.55 Å². The summed E-state index contributed by atoms with van der Waals surface area (Å²) in [5, 5.41) is 16.4. The average molecular weight is 424 g/mol. The number of hydrogen-bond donors (Lipinski definition) is 2. The average Bonchev–Trinajstić information content (AvgIpc) is 2.63. The lowest BCUT2D eigenvalue weighted by atomic mass is 10.1. The Balaban J connectivity index is 2.26. The predicted molar refractivity (Wildman–Crippen MR) is 103 cm³/mol. The smallest absolute Gasteiger partial charge is 0.295 e. The fourth-order valence-corrected chi connectivity index (χ4v) is 3.43. The molecule has 0 unspecified atom stereocenters. The minimum atomic E-state index is -4.52. The van der Waals surface area contributed by atoms with Crippen LogP contribution in [0.5, 0.6) is 0 Å². The molecule has 3 aromatic carbocycles. The fraction of sp³-hybridized carbons (Fsp3) is 0. The van der Waals surface area contributed by atoms with Crippen LogP contribution in [0.4, 0.5) is 17.1 Å². The van der Waals surface area contributed by atoms with Crippen LogP contribution in [0, 0.1) is 0 Å². The van der Waals surface area contributed by atoms with Crippen LogP contribution >= 0.6 is 23.2 Å². The predicted octanol–water partition coefficient (Wildman–Crippen LogP) is 5.77. The first-order chi connectivity index (χ1) is 12.8. The molecule has 3 N–H and O–H groups in total. The quantitative estimate of drug-likeness (QED) is 0.238. The van der Waals surface area contributed by atoms with Gasteiger partial charge in [-0.15, -0.1) is 10.2 Å². The van der Waals surface area contributed by atoms with Gasteiger partial charge in [-0.05, 0) is 24.3 Å². The van der Waals surface area contributed by atoms with E-state index in [4.69, 9.17) is 29.0 Å². The Morgan fingerprint density at radius 2 is 1.59 bits per heavy atom. The highest BCUT2D eigenvalue weighted by Crippen LogP contribution is 2.41. The Labute approximate surface area is 164 Å². The topological polar surface area (TPSA) is 130 Å². The van der Waals surface area contributed by atoms with E-state index in [2.05, 4.69) is 20.6 Å². The molecule has 0 aliphatic carbocycles. The van der Waals surface area contributed by atoms with Crippen molar-refractivity contribution in [2.45, 2.75) is 4.90 Å². The number of rotatable bonds is 4. The highest BCUT2D eigenvalue weighted by Gasteiger charge is 2.19. The summed E-state index contributed by atoms with van der Waals surface area (Å²) >= 11 is 11.8. The molecule has 0 radical (unpaired) electrons. The Morgan fingerprint density at radius 1 is 0.889 bits per heavy atom. The van der Waals surface area contributed by atoms with Crippen molar-refractivity contribution in [3.63, 3.8) is 0 Å². The third-order valence-corrected chi connectivity index (χ3v) is 5.20. The molecular formula is C16H11Cl2N5O3S. The molecular weight excluding hydrogens is 413 g/mol. The SMILES string of the molecule is NN=Nc1c(N=Nc2ccc(Cl)c(Cl)c2)cc(S(=O)(=O)O)c2ccccc12. The van der Waals surface area contributed by atoms with E-state index in [0.29, 0.717) is 16.1 Å². The summed E-state index contributed by atoms with van der Waals surface area (Å²) in [5.41, 5.74) is 0.618. The molecule has 8 nitrogen and oxygen atoms in total. The third kappa shape index (κ3) is 4.06. The first-order valence-corrected chi connectivity index (χ1v) is 9.52. The summed E-state index contributed by atoms with van der Waals surface area (Å²) in [6.07, 6.45) is 0. The first-order valence-electron chi connectivity index (χ1n) is 7.32. The van der Waals surface area contributed by atoms with Gasteiger partial charge in [0, 0.05) is 10.8 Å². The number of nitrogens with two attached hydrogens (primary N) is 1. The number of azo groups is 1. The Morgan fingerprint density at radius 3 is 2.22 bits per heavy atom. The van der Waals surface area contributed by atoms with Crippen LogP contribution < -0.4 is 5.84 Å². The van der Waals surface area contributed by atoms with E-state index in [9.17, 15) is 13.0 Å².